The van der Waals surface area contributed by atoms with Crippen molar-refractivity contribution < 1.29 is 43.5 Å². The number of rotatable bonds is 6. The van der Waals surface area contributed by atoms with E-state index in [2.05, 4.69) is 4.99 Å². The molecule has 0 saturated carbocycles. The Bertz CT molecular complexity index is 1070. The number of hydrogen-bond acceptors (Lipinski definition) is 10. The number of phenolic OH excluding ortho intramolecular Hbond substituents is 1. The molecule has 2 N–H and O–H groups in total. The summed E-state index contributed by atoms with van der Waals surface area (Å²) >= 11 is 0. The van der Waals surface area contributed by atoms with E-state index in [0.717, 1.165) is 19.2 Å². The molecule has 176 valence electrons. The molecule has 0 spiro atoms. The van der Waals surface area contributed by atoms with Gasteiger partial charge in [0.1, 0.15) is 24.5 Å². The Kier molecular flexibility index (Phi) is 7.62. The van der Waals surface area contributed by atoms with Crippen molar-refractivity contribution in [1.82, 2.24) is 0 Å². The summed E-state index contributed by atoms with van der Waals surface area (Å²) in [6.45, 7) is 3.16. The average molecular weight is 459 g/mol. The number of ether oxygens (including phenoxy) is 4. The Morgan fingerprint density at radius 3 is 2.33 bits per heavy atom. The number of aliphatic hydroxyl groups excluding tert-OH is 1. The molecule has 1 aliphatic rings. The fourth-order valence-corrected chi connectivity index (χ4v) is 3.64. The van der Waals surface area contributed by atoms with Gasteiger partial charge in [-0.2, -0.15) is 0 Å². The Morgan fingerprint density at radius 1 is 1.00 bits per heavy atom. The number of hydrogen-bond donors (Lipinski definition) is 2. The molecule has 1 heterocycles. The zero-order valence-corrected chi connectivity index (χ0v) is 18.3. The third-order valence-electron chi connectivity index (χ3n) is 5.01. The molecule has 0 aliphatic carbocycles. The Balaban J connectivity index is 1.99. The van der Waals surface area contributed by atoms with Crippen molar-refractivity contribution in [1.29, 1.82) is 0 Å². The second-order valence-electron chi connectivity index (χ2n) is 7.50. The number of carbonyl (C=O) groups is 3. The van der Waals surface area contributed by atoms with E-state index in [1.54, 1.807) is 18.2 Å². The van der Waals surface area contributed by atoms with E-state index in [9.17, 15) is 24.6 Å². The molecular weight excluding hydrogens is 434 g/mol. The predicted octanol–water partition coefficient (Wildman–Crippen LogP) is 1.48. The largest absolute Gasteiger partial charge is 0.507 e. The van der Waals surface area contributed by atoms with Gasteiger partial charge in [-0.1, -0.05) is 30.3 Å². The quantitative estimate of drug-likeness (QED) is 0.373. The normalized spacial score (nSPS) is 25.0. The number of nitrogens with zero attached hydrogens (tertiary/aromatic N) is 1. The summed E-state index contributed by atoms with van der Waals surface area (Å²) in [7, 11) is 0. The highest BCUT2D eigenvalue weighted by molar-refractivity contribution is 6.02. The molecule has 1 fully saturated rings. The van der Waals surface area contributed by atoms with Gasteiger partial charge in [-0.05, 0) is 16.8 Å². The zero-order valence-electron chi connectivity index (χ0n) is 18.3. The van der Waals surface area contributed by atoms with Gasteiger partial charge in [0.15, 0.2) is 18.5 Å². The van der Waals surface area contributed by atoms with Gasteiger partial charge in [-0.25, -0.2) is 0 Å². The second-order valence-corrected chi connectivity index (χ2v) is 7.50. The van der Waals surface area contributed by atoms with Crippen LogP contribution in [0.2, 0.25) is 0 Å². The first-order chi connectivity index (χ1) is 15.7. The Labute approximate surface area is 189 Å². The van der Waals surface area contributed by atoms with Crippen LogP contribution in [0.3, 0.4) is 0 Å². The van der Waals surface area contributed by atoms with Crippen LogP contribution in [0.1, 0.15) is 26.3 Å². The summed E-state index contributed by atoms with van der Waals surface area (Å²) < 4.78 is 21.1. The molecule has 2 aromatic rings. The highest BCUT2D eigenvalue weighted by Gasteiger charge is 2.49. The van der Waals surface area contributed by atoms with Crippen LogP contribution in [0.5, 0.6) is 5.75 Å². The predicted molar refractivity (Wildman–Crippen MR) is 116 cm³/mol. The number of fused-ring (bicyclic) bond motifs is 1. The number of aromatic hydroxyl groups is 1. The van der Waals surface area contributed by atoms with E-state index in [0.29, 0.717) is 10.9 Å². The van der Waals surface area contributed by atoms with Crippen LogP contribution in [0.25, 0.3) is 10.8 Å². The van der Waals surface area contributed by atoms with E-state index >= 15 is 0 Å². The second kappa shape index (κ2) is 10.4. The number of aliphatic imine (C=N–C) groups is 1. The fraction of sp³-hybridized carbons (Fsp3) is 0.391. The minimum Gasteiger partial charge on any atom is -0.507 e. The van der Waals surface area contributed by atoms with Crippen LogP contribution in [0.4, 0.5) is 0 Å². The molecule has 10 nitrogen and oxygen atoms in total. The first kappa shape index (κ1) is 24.1. The molecule has 5 atom stereocenters. The standard InChI is InChI=1S/C23H25NO9/c1-12(25)30-11-19-21(31-13(2)26)22(32-14(3)27)20(23(29)33-19)24-10-17-16-7-5-4-6-15(16)8-9-18(17)28/h4-10,19-23,28-29H,11H2,1-3H3/t19-,20-,21-,22-,23+/m1/s1. The molecule has 33 heavy (non-hydrogen) atoms. The topological polar surface area (TPSA) is 141 Å². The first-order valence-corrected chi connectivity index (χ1v) is 10.2. The molecule has 0 aromatic heterocycles. The molecule has 0 amide bonds. The van der Waals surface area contributed by atoms with Crippen LogP contribution in [-0.4, -0.2) is 71.6 Å². The summed E-state index contributed by atoms with van der Waals surface area (Å²) in [6, 6.07) is 9.37. The number of aliphatic hydroxyl groups is 1. The highest BCUT2D eigenvalue weighted by atomic mass is 16.7. The van der Waals surface area contributed by atoms with E-state index in [4.69, 9.17) is 18.9 Å². The van der Waals surface area contributed by atoms with Gasteiger partial charge in [0, 0.05) is 32.5 Å². The smallest absolute Gasteiger partial charge is 0.303 e. The van der Waals surface area contributed by atoms with Crippen molar-refractivity contribution in [3.8, 4) is 5.75 Å². The van der Waals surface area contributed by atoms with Gasteiger partial charge in [-0.3, -0.25) is 19.4 Å². The lowest BCUT2D eigenvalue weighted by Gasteiger charge is -2.41. The lowest BCUT2D eigenvalue weighted by molar-refractivity contribution is -0.260. The minimum atomic E-state index is -1.59. The van der Waals surface area contributed by atoms with E-state index in [-0.39, 0.29) is 12.4 Å². The van der Waals surface area contributed by atoms with E-state index in [1.165, 1.54) is 19.2 Å². The van der Waals surface area contributed by atoms with Gasteiger partial charge in [0.05, 0.1) is 0 Å². The minimum absolute atomic E-state index is 0.0445. The molecule has 0 bridgehead atoms. The van der Waals surface area contributed by atoms with Crippen molar-refractivity contribution in [3.05, 3.63) is 42.0 Å². The molecule has 0 unspecified atom stereocenters. The van der Waals surface area contributed by atoms with Gasteiger partial charge in [-0.15, -0.1) is 0 Å². The lowest BCUT2D eigenvalue weighted by atomic mass is 9.96. The fourth-order valence-electron chi connectivity index (χ4n) is 3.64. The molecule has 1 saturated heterocycles. The molecular formula is C23H25NO9. The Hall–Kier alpha value is -3.50. The first-order valence-electron chi connectivity index (χ1n) is 10.2. The molecule has 10 heteroatoms. The SMILES string of the molecule is CC(=O)OC[C@H]1O[C@H](O)[C@H](N=Cc2c(O)ccc3ccccc23)[C@@H](OC(C)=O)[C@@H]1OC(C)=O. The maximum Gasteiger partial charge on any atom is 0.303 e. The van der Waals surface area contributed by atoms with Crippen molar-refractivity contribution in [3.63, 3.8) is 0 Å². The van der Waals surface area contributed by atoms with Crippen molar-refractivity contribution in [2.45, 2.75) is 51.4 Å². The Morgan fingerprint density at radius 2 is 1.67 bits per heavy atom. The van der Waals surface area contributed by atoms with E-state index in [1.807, 2.05) is 12.1 Å². The third kappa shape index (κ3) is 5.85. The monoisotopic (exact) mass is 459 g/mol. The zero-order chi connectivity index (χ0) is 24.1. The van der Waals surface area contributed by atoms with Crippen molar-refractivity contribution in [2.75, 3.05) is 6.61 Å². The summed E-state index contributed by atoms with van der Waals surface area (Å²) in [5.74, 6) is -2.05. The van der Waals surface area contributed by atoms with Gasteiger partial charge >= 0.3 is 17.9 Å². The summed E-state index contributed by atoms with van der Waals surface area (Å²) in [4.78, 5) is 39.1. The third-order valence-corrected chi connectivity index (χ3v) is 5.01. The maximum atomic E-state index is 11.8. The van der Waals surface area contributed by atoms with Gasteiger partial charge in [0.25, 0.3) is 0 Å². The van der Waals surface area contributed by atoms with Gasteiger partial charge in [0.2, 0.25) is 0 Å². The van der Waals surface area contributed by atoms with Crippen molar-refractivity contribution >= 4 is 34.9 Å². The number of phenols is 1. The molecule has 2 aromatic carbocycles. The number of esters is 3. The highest BCUT2D eigenvalue weighted by Crippen LogP contribution is 2.30. The number of carbonyl (C=O) groups excluding carboxylic acids is 3. The molecule has 1 aliphatic heterocycles. The average Bonchev–Trinajstić information content (AvgIpc) is 2.74. The maximum absolute atomic E-state index is 11.8. The van der Waals surface area contributed by atoms with Crippen molar-refractivity contribution in [2.24, 2.45) is 4.99 Å². The summed E-state index contributed by atoms with van der Waals surface area (Å²) in [6.07, 6.45) is -3.81. The summed E-state index contributed by atoms with van der Waals surface area (Å²) in [5.41, 5.74) is 0.382. The van der Waals surface area contributed by atoms with Crippen LogP contribution in [0.15, 0.2) is 41.4 Å². The van der Waals surface area contributed by atoms with Crippen LogP contribution in [-0.2, 0) is 33.3 Å². The van der Waals surface area contributed by atoms with E-state index < -0.39 is 48.6 Å². The molecule has 0 radical (unpaired) electrons. The lowest BCUT2D eigenvalue weighted by Crippen LogP contribution is -2.60. The van der Waals surface area contributed by atoms with Gasteiger partial charge < -0.3 is 29.2 Å². The van der Waals surface area contributed by atoms with Crippen LogP contribution >= 0.6 is 0 Å². The van der Waals surface area contributed by atoms with Crippen LogP contribution < -0.4 is 0 Å². The molecule has 3 rings (SSSR count). The number of benzene rings is 2. The summed E-state index contributed by atoms with van der Waals surface area (Å²) in [5, 5.41) is 22.6. The van der Waals surface area contributed by atoms with Crippen LogP contribution in [0, 0.1) is 0 Å².